The van der Waals surface area contributed by atoms with E-state index in [0.29, 0.717) is 12.8 Å². The van der Waals surface area contributed by atoms with Gasteiger partial charge in [-0.3, -0.25) is 9.59 Å². The second-order valence-corrected chi connectivity index (χ2v) is 5.44. The zero-order valence-corrected chi connectivity index (χ0v) is 14.0. The van der Waals surface area contributed by atoms with E-state index in [1.807, 2.05) is 27.7 Å². The molecule has 0 heterocycles. The number of hydrogen-bond acceptors (Lipinski definition) is 2. The third-order valence-corrected chi connectivity index (χ3v) is 4.07. The number of carbonyl (C=O) groups is 2. The minimum atomic E-state index is -0.989. The quantitative estimate of drug-likeness (QED) is 0.577. The van der Waals surface area contributed by atoms with Gasteiger partial charge in [-0.1, -0.05) is 41.5 Å². The van der Waals surface area contributed by atoms with Gasteiger partial charge in [0.15, 0.2) is 5.78 Å². The minimum absolute atomic E-state index is 0. The molecular weight excluding hydrogens is 264 g/mol. The minimum Gasteiger partial charge on any atom is -0.481 e. The van der Waals surface area contributed by atoms with Crippen LogP contribution in [0.25, 0.3) is 0 Å². The van der Waals surface area contributed by atoms with E-state index in [1.165, 1.54) is 0 Å². The van der Waals surface area contributed by atoms with Crippen LogP contribution in [-0.2, 0) is 31.3 Å². The van der Waals surface area contributed by atoms with Crippen LogP contribution in [0.5, 0.6) is 0 Å². The Morgan fingerprint density at radius 1 is 1.06 bits per heavy atom. The van der Waals surface area contributed by atoms with Crippen LogP contribution in [0, 0.1) is 23.2 Å². The fraction of sp³-hybridized carbons (Fsp3) is 0.857. The third kappa shape index (κ3) is 3.92. The fourth-order valence-corrected chi connectivity index (χ4v) is 2.71. The molecule has 0 aromatic heterocycles. The zero-order valence-electron chi connectivity index (χ0n) is 12.4. The monoisotopic (exact) mass is 290 g/mol. The van der Waals surface area contributed by atoms with Gasteiger partial charge in [-0.05, 0) is 24.7 Å². The molecule has 0 fully saturated rings. The molecule has 0 aromatic carbocycles. The van der Waals surface area contributed by atoms with Crippen molar-refractivity contribution in [2.45, 2.75) is 54.4 Å². The Morgan fingerprint density at radius 3 is 1.61 bits per heavy atom. The first-order valence-electron chi connectivity index (χ1n) is 6.51. The van der Waals surface area contributed by atoms with Crippen LogP contribution in [0.3, 0.4) is 0 Å². The van der Waals surface area contributed by atoms with Gasteiger partial charge >= 0.3 is 5.97 Å². The van der Waals surface area contributed by atoms with Gasteiger partial charge in [0, 0.05) is 27.1 Å². The van der Waals surface area contributed by atoms with Gasteiger partial charge in [0.1, 0.15) is 5.92 Å². The number of ketones is 1. The summed E-state index contributed by atoms with van der Waals surface area (Å²) in [5.41, 5.74) is -0.493. The molecule has 0 aliphatic heterocycles. The summed E-state index contributed by atoms with van der Waals surface area (Å²) in [5.74, 6) is -1.95. The average molecular weight is 290 g/mol. The number of carboxylic acid groups (broad SMARTS) is 1. The maximum absolute atomic E-state index is 12.6. The first-order chi connectivity index (χ1) is 7.74. The molecule has 0 saturated carbocycles. The molecule has 0 rings (SSSR count). The van der Waals surface area contributed by atoms with Gasteiger partial charge < -0.3 is 5.11 Å². The molecule has 4 heteroatoms. The summed E-state index contributed by atoms with van der Waals surface area (Å²) in [6.45, 7) is 11.6. The summed E-state index contributed by atoms with van der Waals surface area (Å²) < 4.78 is 0. The van der Waals surface area contributed by atoms with Crippen molar-refractivity contribution in [3.63, 3.8) is 0 Å². The normalized spacial score (nSPS) is 13.3. The van der Waals surface area contributed by atoms with Gasteiger partial charge in [0.25, 0.3) is 0 Å². The number of Topliss-reactive ketones (excluding diaryl/α,β-unsaturated/α-hetero) is 1. The SMILES string of the molecule is CCC(CC)(C(=O)C(C(=O)O)C(C)C)C(C)C.[Ti]. The fourth-order valence-electron chi connectivity index (χ4n) is 2.71. The van der Waals surface area contributed by atoms with Gasteiger partial charge in [0.05, 0.1) is 0 Å². The van der Waals surface area contributed by atoms with Crippen LogP contribution in [0.2, 0.25) is 0 Å². The standard InChI is InChI=1S/C14H26O3.Ti/c1-7-14(8-2,10(5)6)12(15)11(9(3)4)13(16)17;/h9-11H,7-8H2,1-6H3,(H,16,17);. The molecule has 0 aliphatic rings. The van der Waals surface area contributed by atoms with Crippen molar-refractivity contribution in [3.8, 4) is 0 Å². The summed E-state index contributed by atoms with van der Waals surface area (Å²) in [4.78, 5) is 23.8. The maximum Gasteiger partial charge on any atom is 0.314 e. The van der Waals surface area contributed by atoms with Crippen molar-refractivity contribution in [1.29, 1.82) is 0 Å². The van der Waals surface area contributed by atoms with E-state index < -0.39 is 17.3 Å². The van der Waals surface area contributed by atoms with Crippen molar-refractivity contribution < 1.29 is 36.4 Å². The molecule has 0 bridgehead atoms. The number of hydrogen-bond donors (Lipinski definition) is 1. The molecule has 0 aromatic rings. The van der Waals surface area contributed by atoms with E-state index in [9.17, 15) is 14.7 Å². The Balaban J connectivity index is 0. The Morgan fingerprint density at radius 2 is 1.44 bits per heavy atom. The van der Waals surface area contributed by atoms with Crippen molar-refractivity contribution in [2.24, 2.45) is 23.2 Å². The van der Waals surface area contributed by atoms with E-state index in [1.54, 1.807) is 13.8 Å². The first kappa shape index (κ1) is 20.2. The molecule has 0 spiro atoms. The van der Waals surface area contributed by atoms with Gasteiger partial charge in [-0.25, -0.2) is 0 Å². The number of carboxylic acids is 1. The molecule has 0 radical (unpaired) electrons. The van der Waals surface area contributed by atoms with Gasteiger partial charge in [0.2, 0.25) is 0 Å². The maximum atomic E-state index is 12.6. The summed E-state index contributed by atoms with van der Waals surface area (Å²) >= 11 is 0. The second kappa shape index (κ2) is 8.11. The molecule has 104 valence electrons. The topological polar surface area (TPSA) is 54.4 Å². The van der Waals surface area contributed by atoms with Crippen LogP contribution in [0.1, 0.15) is 54.4 Å². The number of rotatable bonds is 7. The van der Waals surface area contributed by atoms with Crippen molar-refractivity contribution >= 4 is 11.8 Å². The number of aliphatic carboxylic acids is 1. The average Bonchev–Trinajstić information content (AvgIpc) is 2.18. The first-order valence-corrected chi connectivity index (χ1v) is 6.51. The van der Waals surface area contributed by atoms with Crippen molar-refractivity contribution in [1.82, 2.24) is 0 Å². The van der Waals surface area contributed by atoms with E-state index in [-0.39, 0.29) is 39.3 Å². The molecule has 18 heavy (non-hydrogen) atoms. The molecule has 0 saturated heterocycles. The smallest absolute Gasteiger partial charge is 0.314 e. The molecule has 0 amide bonds. The third-order valence-electron chi connectivity index (χ3n) is 4.07. The Hall–Kier alpha value is -0.146. The predicted octanol–water partition coefficient (Wildman–Crippen LogP) is 3.37. The molecule has 1 N–H and O–H groups in total. The second-order valence-electron chi connectivity index (χ2n) is 5.44. The summed E-state index contributed by atoms with van der Waals surface area (Å²) in [7, 11) is 0. The summed E-state index contributed by atoms with van der Waals surface area (Å²) in [6, 6.07) is 0. The van der Waals surface area contributed by atoms with E-state index >= 15 is 0 Å². The van der Waals surface area contributed by atoms with Gasteiger partial charge in [-0.15, -0.1) is 0 Å². The zero-order chi connectivity index (χ0) is 13.8. The largest absolute Gasteiger partial charge is 0.481 e. The Labute approximate surface area is 126 Å². The molecule has 3 nitrogen and oxygen atoms in total. The van der Waals surface area contributed by atoms with E-state index in [0.717, 1.165) is 0 Å². The van der Waals surface area contributed by atoms with Crippen LogP contribution in [-0.4, -0.2) is 16.9 Å². The molecule has 1 unspecified atom stereocenters. The summed E-state index contributed by atoms with van der Waals surface area (Å²) in [5, 5.41) is 9.23. The molecular formula is C14H26O3Ti. The molecule has 0 aliphatic carbocycles. The number of carbonyl (C=O) groups excluding carboxylic acids is 1. The van der Waals surface area contributed by atoms with E-state index in [4.69, 9.17) is 0 Å². The summed E-state index contributed by atoms with van der Waals surface area (Å²) in [6.07, 6.45) is 1.41. The van der Waals surface area contributed by atoms with Crippen LogP contribution < -0.4 is 0 Å². The Bertz CT molecular complexity index is 281. The Kier molecular flexibility index (Phi) is 9.09. The van der Waals surface area contributed by atoms with Crippen LogP contribution in [0.15, 0.2) is 0 Å². The van der Waals surface area contributed by atoms with Crippen molar-refractivity contribution in [2.75, 3.05) is 0 Å². The van der Waals surface area contributed by atoms with Crippen molar-refractivity contribution in [3.05, 3.63) is 0 Å². The van der Waals surface area contributed by atoms with Crippen LogP contribution in [0.4, 0.5) is 0 Å². The van der Waals surface area contributed by atoms with Gasteiger partial charge in [-0.2, -0.15) is 0 Å². The van der Waals surface area contributed by atoms with Crippen LogP contribution >= 0.6 is 0 Å². The van der Waals surface area contributed by atoms with E-state index in [2.05, 4.69) is 0 Å². The predicted molar refractivity (Wildman–Crippen MR) is 68.8 cm³/mol. The molecule has 1 atom stereocenters.